The van der Waals surface area contributed by atoms with Gasteiger partial charge in [0.05, 0.1) is 26.4 Å². The maximum Gasteiger partial charge on any atom is 0.252 e. The van der Waals surface area contributed by atoms with Crippen LogP contribution < -0.4 is 19.5 Å². The number of ether oxygens (including phenoxy) is 3. The minimum absolute atomic E-state index is 0.208. The Hall–Kier alpha value is -3.15. The Bertz CT molecular complexity index is 1040. The van der Waals surface area contributed by atoms with E-state index in [1.54, 1.807) is 26.4 Å². The normalized spacial score (nSPS) is 15.2. The molecule has 30 heavy (non-hydrogen) atoms. The van der Waals surface area contributed by atoms with Gasteiger partial charge in [-0.15, -0.1) is 0 Å². The van der Waals surface area contributed by atoms with E-state index in [-0.39, 0.29) is 18.1 Å². The van der Waals surface area contributed by atoms with E-state index >= 15 is 0 Å². The molecule has 2 aromatic carbocycles. The van der Waals surface area contributed by atoms with Crippen molar-refractivity contribution in [1.82, 2.24) is 5.32 Å². The van der Waals surface area contributed by atoms with Crippen molar-refractivity contribution in [1.29, 1.82) is 0 Å². The molecule has 1 aromatic heterocycles. The summed E-state index contributed by atoms with van der Waals surface area (Å²) in [6.45, 7) is 1.89. The van der Waals surface area contributed by atoms with Gasteiger partial charge in [0.25, 0.3) is 5.91 Å². The molecule has 0 saturated heterocycles. The van der Waals surface area contributed by atoms with Gasteiger partial charge < -0.3 is 23.9 Å². The van der Waals surface area contributed by atoms with Crippen LogP contribution in [0.1, 0.15) is 54.8 Å². The molecule has 1 heterocycles. The van der Waals surface area contributed by atoms with Crippen molar-refractivity contribution < 1.29 is 23.4 Å². The van der Waals surface area contributed by atoms with Crippen LogP contribution in [0.2, 0.25) is 0 Å². The molecule has 1 N–H and O–H groups in total. The van der Waals surface area contributed by atoms with Crippen LogP contribution in [0, 0.1) is 0 Å². The number of hydrogen-bond acceptors (Lipinski definition) is 5. The maximum absolute atomic E-state index is 12.8. The van der Waals surface area contributed by atoms with Gasteiger partial charge in [-0.05, 0) is 62.9 Å². The second-order valence-electron chi connectivity index (χ2n) is 7.61. The Morgan fingerprint density at radius 3 is 2.53 bits per heavy atom. The van der Waals surface area contributed by atoms with Crippen molar-refractivity contribution in [3.05, 3.63) is 53.8 Å². The smallest absolute Gasteiger partial charge is 0.252 e. The lowest BCUT2D eigenvalue weighted by molar-refractivity contribution is 0.0935. The SMILES string of the molecule is COc1cc(C(=O)NC(C)c2cc3cccc(OC)c3o2)ccc1OC1CCCC1. The molecule has 1 saturated carbocycles. The predicted molar refractivity (Wildman–Crippen MR) is 115 cm³/mol. The summed E-state index contributed by atoms with van der Waals surface area (Å²) >= 11 is 0. The number of rotatable bonds is 7. The highest BCUT2D eigenvalue weighted by Gasteiger charge is 2.21. The van der Waals surface area contributed by atoms with Gasteiger partial charge in [-0.25, -0.2) is 0 Å². The lowest BCUT2D eigenvalue weighted by Gasteiger charge is -2.17. The average Bonchev–Trinajstić information content (AvgIpc) is 3.43. The van der Waals surface area contributed by atoms with Gasteiger partial charge in [-0.1, -0.05) is 12.1 Å². The summed E-state index contributed by atoms with van der Waals surface area (Å²) in [5.41, 5.74) is 1.18. The van der Waals surface area contributed by atoms with Crippen molar-refractivity contribution in [3.8, 4) is 17.2 Å². The zero-order valence-electron chi connectivity index (χ0n) is 17.6. The molecule has 1 fully saturated rings. The Labute approximate surface area is 176 Å². The number of furan rings is 1. The first-order valence-corrected chi connectivity index (χ1v) is 10.3. The van der Waals surface area contributed by atoms with E-state index in [1.165, 1.54) is 12.8 Å². The summed E-state index contributed by atoms with van der Waals surface area (Å²) in [4.78, 5) is 12.8. The average molecular weight is 409 g/mol. The van der Waals surface area contributed by atoms with E-state index in [0.717, 1.165) is 18.2 Å². The molecule has 1 unspecified atom stereocenters. The standard InChI is InChI=1S/C24H27NO5/c1-15(21-13-16-7-6-10-20(27-2)23(16)30-21)25-24(26)17-11-12-19(22(14-17)28-3)29-18-8-4-5-9-18/h6-7,10-15,18H,4-5,8-9H2,1-3H3,(H,25,26). The molecule has 3 aromatic rings. The highest BCUT2D eigenvalue weighted by atomic mass is 16.5. The lowest BCUT2D eigenvalue weighted by atomic mass is 10.1. The molecular formula is C24H27NO5. The van der Waals surface area contributed by atoms with Crippen molar-refractivity contribution in [2.45, 2.75) is 44.8 Å². The first kappa shape index (κ1) is 20.1. The molecule has 6 nitrogen and oxygen atoms in total. The number of para-hydroxylation sites is 1. The summed E-state index contributed by atoms with van der Waals surface area (Å²) < 4.78 is 22.8. The largest absolute Gasteiger partial charge is 0.493 e. The van der Waals surface area contributed by atoms with E-state index < -0.39 is 0 Å². The third-order valence-electron chi connectivity index (χ3n) is 5.54. The molecule has 1 atom stereocenters. The Balaban J connectivity index is 1.49. The van der Waals surface area contributed by atoms with Crippen molar-refractivity contribution in [3.63, 3.8) is 0 Å². The molecule has 0 bridgehead atoms. The quantitative estimate of drug-likeness (QED) is 0.576. The van der Waals surface area contributed by atoms with Gasteiger partial charge in [0, 0.05) is 10.9 Å². The topological polar surface area (TPSA) is 69.9 Å². The van der Waals surface area contributed by atoms with Gasteiger partial charge in [0.15, 0.2) is 22.8 Å². The van der Waals surface area contributed by atoms with Crippen LogP contribution in [0.3, 0.4) is 0 Å². The number of fused-ring (bicyclic) bond motifs is 1. The van der Waals surface area contributed by atoms with E-state index in [4.69, 9.17) is 18.6 Å². The second-order valence-corrected chi connectivity index (χ2v) is 7.61. The Kier molecular flexibility index (Phi) is 5.84. The zero-order chi connectivity index (χ0) is 21.1. The molecular weight excluding hydrogens is 382 g/mol. The molecule has 1 aliphatic rings. The molecule has 0 aliphatic heterocycles. The highest BCUT2D eigenvalue weighted by Crippen LogP contribution is 2.33. The number of benzene rings is 2. The molecule has 1 aliphatic carbocycles. The Morgan fingerprint density at radius 2 is 1.80 bits per heavy atom. The summed E-state index contributed by atoms with van der Waals surface area (Å²) in [7, 11) is 3.19. The number of methoxy groups -OCH3 is 2. The fourth-order valence-corrected chi connectivity index (χ4v) is 3.87. The van der Waals surface area contributed by atoms with Gasteiger partial charge in [0.1, 0.15) is 5.76 Å². The van der Waals surface area contributed by atoms with Gasteiger partial charge in [-0.2, -0.15) is 0 Å². The number of nitrogens with one attached hydrogen (secondary N) is 1. The molecule has 0 radical (unpaired) electrons. The highest BCUT2D eigenvalue weighted by molar-refractivity contribution is 5.95. The van der Waals surface area contributed by atoms with E-state index in [9.17, 15) is 4.79 Å². The van der Waals surface area contributed by atoms with E-state index in [2.05, 4.69) is 5.32 Å². The van der Waals surface area contributed by atoms with Crippen molar-refractivity contribution >= 4 is 16.9 Å². The lowest BCUT2D eigenvalue weighted by Crippen LogP contribution is -2.26. The van der Waals surface area contributed by atoms with E-state index in [0.29, 0.717) is 34.2 Å². The molecule has 4 rings (SSSR count). The minimum Gasteiger partial charge on any atom is -0.493 e. The number of carbonyl (C=O) groups is 1. The summed E-state index contributed by atoms with van der Waals surface area (Å²) in [5.74, 6) is 2.37. The number of amides is 1. The monoisotopic (exact) mass is 409 g/mol. The molecule has 6 heteroatoms. The Morgan fingerprint density at radius 1 is 1.03 bits per heavy atom. The molecule has 158 valence electrons. The van der Waals surface area contributed by atoms with E-state index in [1.807, 2.05) is 37.3 Å². The van der Waals surface area contributed by atoms with Crippen LogP contribution >= 0.6 is 0 Å². The third-order valence-corrected chi connectivity index (χ3v) is 5.54. The summed E-state index contributed by atoms with van der Waals surface area (Å²) in [6, 6.07) is 12.6. The fraction of sp³-hybridized carbons (Fsp3) is 0.375. The fourth-order valence-electron chi connectivity index (χ4n) is 3.87. The van der Waals surface area contributed by atoms with Crippen LogP contribution in [-0.2, 0) is 0 Å². The summed E-state index contributed by atoms with van der Waals surface area (Å²) in [5, 5.41) is 3.92. The first-order chi connectivity index (χ1) is 14.6. The van der Waals surface area contributed by atoms with Crippen molar-refractivity contribution in [2.75, 3.05) is 14.2 Å². The van der Waals surface area contributed by atoms with Gasteiger partial charge in [0.2, 0.25) is 0 Å². The number of carbonyl (C=O) groups excluding carboxylic acids is 1. The molecule has 0 spiro atoms. The molecule has 1 amide bonds. The van der Waals surface area contributed by atoms with Crippen molar-refractivity contribution in [2.24, 2.45) is 0 Å². The zero-order valence-corrected chi connectivity index (χ0v) is 17.6. The van der Waals surface area contributed by atoms with Crippen LogP contribution in [0.4, 0.5) is 0 Å². The summed E-state index contributed by atoms with van der Waals surface area (Å²) in [6.07, 6.45) is 4.73. The first-order valence-electron chi connectivity index (χ1n) is 10.3. The van der Waals surface area contributed by atoms with Crippen LogP contribution in [0.15, 0.2) is 46.9 Å². The third kappa shape index (κ3) is 4.08. The second kappa shape index (κ2) is 8.69. The van der Waals surface area contributed by atoms with Crippen LogP contribution in [0.25, 0.3) is 11.0 Å². The van der Waals surface area contributed by atoms with Gasteiger partial charge in [-0.3, -0.25) is 4.79 Å². The maximum atomic E-state index is 12.8. The van der Waals surface area contributed by atoms with Crippen LogP contribution in [0.5, 0.6) is 17.2 Å². The van der Waals surface area contributed by atoms with Gasteiger partial charge >= 0.3 is 0 Å². The minimum atomic E-state index is -0.310. The van der Waals surface area contributed by atoms with Crippen LogP contribution in [-0.4, -0.2) is 26.2 Å². The predicted octanol–water partition coefficient (Wildman–Crippen LogP) is 5.26. The number of hydrogen-bond donors (Lipinski definition) is 1.